The van der Waals surface area contributed by atoms with Crippen LogP contribution >= 0.6 is 11.6 Å². The summed E-state index contributed by atoms with van der Waals surface area (Å²) < 4.78 is 10.7. The molecule has 94 valence electrons. The molecule has 2 heterocycles. The largest absolute Gasteiger partial charge is 0.454 e. The van der Waals surface area contributed by atoms with Gasteiger partial charge in [-0.15, -0.1) is 0 Å². The Bertz CT molecular complexity index is 618. The van der Waals surface area contributed by atoms with Crippen LogP contribution in [0.4, 0.5) is 5.82 Å². The predicted octanol–water partition coefficient (Wildman–Crippen LogP) is 2.47. The monoisotopic (exact) mass is 265 g/mol. The van der Waals surface area contributed by atoms with Crippen LogP contribution in [0, 0.1) is 0 Å². The first-order valence-corrected chi connectivity index (χ1v) is 6.05. The van der Waals surface area contributed by atoms with Crippen LogP contribution in [0.1, 0.15) is 6.92 Å². The molecule has 0 spiro atoms. The number of ether oxygens (including phenoxy) is 2. The van der Waals surface area contributed by atoms with Crippen molar-refractivity contribution in [2.75, 3.05) is 25.3 Å². The van der Waals surface area contributed by atoms with Crippen LogP contribution in [0.25, 0.3) is 10.9 Å². The fourth-order valence-electron chi connectivity index (χ4n) is 1.92. The van der Waals surface area contributed by atoms with E-state index in [-0.39, 0.29) is 12.1 Å². The topological polar surface area (TPSA) is 47.5 Å². The highest BCUT2D eigenvalue weighted by molar-refractivity contribution is 6.28. The molecule has 1 aromatic carbocycles. The normalized spacial score (nSPS) is 13.1. The van der Waals surface area contributed by atoms with E-state index >= 15 is 0 Å². The van der Waals surface area contributed by atoms with Crippen LogP contribution in [0.2, 0.25) is 5.28 Å². The molecule has 1 aromatic heterocycles. The van der Waals surface area contributed by atoms with Crippen LogP contribution in [-0.4, -0.2) is 30.4 Å². The van der Waals surface area contributed by atoms with E-state index in [9.17, 15) is 0 Å². The first kappa shape index (κ1) is 11.3. The van der Waals surface area contributed by atoms with E-state index in [0.717, 1.165) is 29.0 Å². The van der Waals surface area contributed by atoms with E-state index < -0.39 is 0 Å². The zero-order chi connectivity index (χ0) is 12.7. The summed E-state index contributed by atoms with van der Waals surface area (Å²) in [6.45, 7) is 3.12. The number of hydrogen-bond acceptors (Lipinski definition) is 5. The second-order valence-electron chi connectivity index (χ2n) is 4.05. The van der Waals surface area contributed by atoms with E-state index in [1.807, 2.05) is 24.1 Å². The minimum atomic E-state index is 0.233. The van der Waals surface area contributed by atoms with Crippen molar-refractivity contribution < 1.29 is 9.47 Å². The molecule has 1 aliphatic rings. The summed E-state index contributed by atoms with van der Waals surface area (Å²) in [5.74, 6) is 2.22. The number of nitrogens with zero attached hydrogens (tertiary/aromatic N) is 3. The summed E-state index contributed by atoms with van der Waals surface area (Å²) >= 11 is 5.95. The van der Waals surface area contributed by atoms with Crippen LogP contribution in [0.5, 0.6) is 11.5 Å². The Balaban J connectivity index is 2.28. The third-order valence-corrected chi connectivity index (χ3v) is 3.15. The van der Waals surface area contributed by atoms with Crippen molar-refractivity contribution in [3.63, 3.8) is 0 Å². The molecule has 0 atom stereocenters. The molecule has 0 saturated heterocycles. The summed E-state index contributed by atoms with van der Waals surface area (Å²) in [6.07, 6.45) is 0. The second kappa shape index (κ2) is 4.17. The fraction of sp³-hybridized carbons (Fsp3) is 0.333. The number of anilines is 1. The molecular weight excluding hydrogens is 254 g/mol. The maximum Gasteiger partial charge on any atom is 0.231 e. The number of benzene rings is 1. The second-order valence-corrected chi connectivity index (χ2v) is 4.39. The van der Waals surface area contributed by atoms with Gasteiger partial charge in [0.2, 0.25) is 12.1 Å². The molecule has 0 N–H and O–H groups in total. The third-order valence-electron chi connectivity index (χ3n) is 2.98. The van der Waals surface area contributed by atoms with Crippen molar-refractivity contribution in [3.8, 4) is 11.5 Å². The average Bonchev–Trinajstić information content (AvgIpc) is 2.81. The summed E-state index contributed by atoms with van der Waals surface area (Å²) in [7, 11) is 1.96. The van der Waals surface area contributed by atoms with Gasteiger partial charge < -0.3 is 14.4 Å². The first-order chi connectivity index (χ1) is 8.69. The molecule has 0 fully saturated rings. The van der Waals surface area contributed by atoms with Crippen molar-refractivity contribution in [1.82, 2.24) is 9.97 Å². The maximum absolute atomic E-state index is 5.95. The highest BCUT2D eigenvalue weighted by Crippen LogP contribution is 2.38. The third kappa shape index (κ3) is 1.71. The van der Waals surface area contributed by atoms with Gasteiger partial charge in [0.1, 0.15) is 5.82 Å². The number of fused-ring (bicyclic) bond motifs is 2. The first-order valence-electron chi connectivity index (χ1n) is 5.67. The van der Waals surface area contributed by atoms with Crippen molar-refractivity contribution in [2.24, 2.45) is 0 Å². The average molecular weight is 266 g/mol. The highest BCUT2D eigenvalue weighted by atomic mass is 35.5. The van der Waals surface area contributed by atoms with Crippen molar-refractivity contribution in [3.05, 3.63) is 17.4 Å². The van der Waals surface area contributed by atoms with Gasteiger partial charge in [0.25, 0.3) is 0 Å². The zero-order valence-electron chi connectivity index (χ0n) is 10.1. The minimum Gasteiger partial charge on any atom is -0.454 e. The minimum absolute atomic E-state index is 0.233. The molecule has 5 nitrogen and oxygen atoms in total. The lowest BCUT2D eigenvalue weighted by atomic mass is 10.2. The predicted molar refractivity (Wildman–Crippen MR) is 69.6 cm³/mol. The standard InChI is InChI=1S/C12H12ClN3O2/c1-3-16(2)11-7-4-9-10(18-6-17-9)5-8(7)14-12(13)15-11/h4-5H,3,6H2,1-2H3. The van der Waals surface area contributed by atoms with E-state index in [0.29, 0.717) is 5.75 Å². The van der Waals surface area contributed by atoms with Crippen LogP contribution in [-0.2, 0) is 0 Å². The van der Waals surface area contributed by atoms with Gasteiger partial charge in [0.05, 0.1) is 5.52 Å². The SMILES string of the molecule is CCN(C)c1nc(Cl)nc2cc3c(cc12)OCO3. The molecule has 0 bridgehead atoms. The molecule has 18 heavy (non-hydrogen) atoms. The van der Waals surface area contributed by atoms with Crippen LogP contribution in [0.15, 0.2) is 12.1 Å². The Morgan fingerprint density at radius 3 is 2.72 bits per heavy atom. The van der Waals surface area contributed by atoms with Gasteiger partial charge in [-0.05, 0) is 24.6 Å². The number of rotatable bonds is 2. The van der Waals surface area contributed by atoms with Gasteiger partial charge >= 0.3 is 0 Å². The molecule has 0 saturated carbocycles. The highest BCUT2D eigenvalue weighted by Gasteiger charge is 2.18. The molecule has 0 unspecified atom stereocenters. The summed E-state index contributed by atoms with van der Waals surface area (Å²) in [6, 6.07) is 3.73. The Labute approximate surface area is 109 Å². The van der Waals surface area contributed by atoms with Crippen LogP contribution in [0.3, 0.4) is 0 Å². The lowest BCUT2D eigenvalue weighted by molar-refractivity contribution is 0.174. The molecule has 0 radical (unpaired) electrons. The van der Waals surface area contributed by atoms with Gasteiger partial charge in [0, 0.05) is 25.0 Å². The smallest absolute Gasteiger partial charge is 0.231 e. The molecular formula is C12H12ClN3O2. The summed E-state index contributed by atoms with van der Waals surface area (Å²) in [5.41, 5.74) is 0.759. The van der Waals surface area contributed by atoms with Gasteiger partial charge in [-0.2, -0.15) is 4.98 Å². The van der Waals surface area contributed by atoms with Gasteiger partial charge in [-0.25, -0.2) is 4.98 Å². The van der Waals surface area contributed by atoms with Crippen molar-refractivity contribution >= 4 is 28.3 Å². The van der Waals surface area contributed by atoms with Crippen molar-refractivity contribution in [1.29, 1.82) is 0 Å². The molecule has 0 amide bonds. The fourth-order valence-corrected chi connectivity index (χ4v) is 2.09. The van der Waals surface area contributed by atoms with Gasteiger partial charge in [0.15, 0.2) is 11.5 Å². The molecule has 0 aliphatic carbocycles. The molecule has 2 aromatic rings. The molecule has 6 heteroatoms. The summed E-state index contributed by atoms with van der Waals surface area (Å²) in [4.78, 5) is 10.5. The number of aromatic nitrogens is 2. The van der Waals surface area contributed by atoms with Crippen molar-refractivity contribution in [2.45, 2.75) is 6.92 Å². The number of hydrogen-bond donors (Lipinski definition) is 0. The maximum atomic E-state index is 5.95. The lowest BCUT2D eigenvalue weighted by Gasteiger charge is -2.17. The Morgan fingerprint density at radius 2 is 2.00 bits per heavy atom. The Morgan fingerprint density at radius 1 is 1.28 bits per heavy atom. The van der Waals surface area contributed by atoms with E-state index in [1.165, 1.54) is 0 Å². The van der Waals surface area contributed by atoms with E-state index in [2.05, 4.69) is 16.9 Å². The lowest BCUT2D eigenvalue weighted by Crippen LogP contribution is -2.18. The quantitative estimate of drug-likeness (QED) is 0.781. The van der Waals surface area contributed by atoms with Gasteiger partial charge in [-0.3, -0.25) is 0 Å². The Kier molecular flexibility index (Phi) is 2.63. The molecule has 1 aliphatic heterocycles. The van der Waals surface area contributed by atoms with Gasteiger partial charge in [-0.1, -0.05) is 0 Å². The van der Waals surface area contributed by atoms with E-state index in [1.54, 1.807) is 0 Å². The number of halogens is 1. The Hall–Kier alpha value is -1.75. The summed E-state index contributed by atoms with van der Waals surface area (Å²) in [5, 5.41) is 1.14. The van der Waals surface area contributed by atoms with Crippen LogP contribution < -0.4 is 14.4 Å². The zero-order valence-corrected chi connectivity index (χ0v) is 10.9. The van der Waals surface area contributed by atoms with E-state index in [4.69, 9.17) is 21.1 Å². The molecule has 3 rings (SSSR count).